The molecule has 1 fully saturated rings. The van der Waals surface area contributed by atoms with E-state index in [0.717, 1.165) is 5.56 Å². The fourth-order valence-electron chi connectivity index (χ4n) is 3.24. The molecule has 1 amide bonds. The van der Waals surface area contributed by atoms with E-state index in [1.54, 1.807) is 11.8 Å². The zero-order valence-corrected chi connectivity index (χ0v) is 17.0. The molecular formula is C21H26N4O4. The Hall–Kier alpha value is -2.84. The topological polar surface area (TPSA) is 93.6 Å². The normalized spacial score (nSPS) is 16.5. The highest BCUT2D eigenvalue weighted by molar-refractivity contribution is 6.05. The van der Waals surface area contributed by atoms with Crippen LogP contribution in [-0.2, 0) is 9.47 Å². The Bertz CT molecular complexity index is 872. The number of aromatic nitrogens is 2. The first kappa shape index (κ1) is 20.9. The van der Waals surface area contributed by atoms with Gasteiger partial charge in [0.05, 0.1) is 12.3 Å². The van der Waals surface area contributed by atoms with Crippen LogP contribution < -0.4 is 5.32 Å². The lowest BCUT2D eigenvalue weighted by Crippen LogP contribution is -2.51. The number of hydrogen-bond donors (Lipinski definition) is 1. The summed E-state index contributed by atoms with van der Waals surface area (Å²) in [5, 5.41) is 3.31. The lowest BCUT2D eigenvalue weighted by molar-refractivity contribution is 0.0380. The van der Waals surface area contributed by atoms with Gasteiger partial charge in [-0.1, -0.05) is 30.3 Å². The van der Waals surface area contributed by atoms with Crippen molar-refractivity contribution in [2.45, 2.75) is 19.9 Å². The number of carbonyl (C=O) groups is 2. The Morgan fingerprint density at radius 2 is 1.97 bits per heavy atom. The molecule has 1 saturated heterocycles. The molecule has 1 aromatic heterocycles. The molecule has 1 atom stereocenters. The van der Waals surface area contributed by atoms with Crippen molar-refractivity contribution in [2.75, 3.05) is 40.0 Å². The number of hydrogen-bond acceptors (Lipinski definition) is 7. The zero-order chi connectivity index (χ0) is 20.8. The first-order chi connectivity index (χ1) is 14.0. The van der Waals surface area contributed by atoms with Crippen LogP contribution in [0.2, 0.25) is 0 Å². The number of nitrogens with zero attached hydrogens (tertiary/aromatic N) is 3. The summed E-state index contributed by atoms with van der Waals surface area (Å²) >= 11 is 0. The van der Waals surface area contributed by atoms with E-state index in [4.69, 9.17) is 9.47 Å². The van der Waals surface area contributed by atoms with Crippen LogP contribution >= 0.6 is 0 Å². The molecule has 1 aliphatic rings. The van der Waals surface area contributed by atoms with Crippen LogP contribution in [0.25, 0.3) is 11.4 Å². The zero-order valence-electron chi connectivity index (χ0n) is 17.0. The molecule has 1 aromatic carbocycles. The molecule has 0 spiro atoms. The number of ether oxygens (including phenoxy) is 2. The van der Waals surface area contributed by atoms with E-state index in [1.165, 1.54) is 7.11 Å². The largest absolute Gasteiger partial charge is 0.460 e. The standard InChI is InChI=1S/C21H26N4O4/c1-14-13-25(10-9-22-14)20(26)18-17(21(27)29-12-11-28-3)15(2)23-19(24-18)16-7-5-4-6-8-16/h4-8,14,22H,9-13H2,1-3H3. The molecule has 2 heterocycles. The van der Waals surface area contributed by atoms with Crippen molar-refractivity contribution in [3.8, 4) is 11.4 Å². The second kappa shape index (κ2) is 9.58. The SMILES string of the molecule is COCCOC(=O)c1c(C)nc(-c2ccccc2)nc1C(=O)N1CCNC(C)C1. The van der Waals surface area contributed by atoms with E-state index in [0.29, 0.717) is 31.2 Å². The summed E-state index contributed by atoms with van der Waals surface area (Å²) in [5.74, 6) is -0.506. The number of benzene rings is 1. The number of aryl methyl sites for hydroxylation is 1. The third kappa shape index (κ3) is 4.96. The quantitative estimate of drug-likeness (QED) is 0.585. The number of methoxy groups -OCH3 is 1. The maximum atomic E-state index is 13.3. The third-order valence-corrected chi connectivity index (χ3v) is 4.71. The molecule has 8 nitrogen and oxygen atoms in total. The van der Waals surface area contributed by atoms with E-state index >= 15 is 0 Å². The van der Waals surface area contributed by atoms with Crippen LogP contribution in [0.1, 0.15) is 33.5 Å². The Balaban J connectivity index is 2.02. The van der Waals surface area contributed by atoms with Crippen LogP contribution in [0.15, 0.2) is 30.3 Å². The molecule has 1 N–H and O–H groups in total. The van der Waals surface area contributed by atoms with Gasteiger partial charge in [-0.25, -0.2) is 14.8 Å². The lowest BCUT2D eigenvalue weighted by Gasteiger charge is -2.32. The molecule has 0 aliphatic carbocycles. The van der Waals surface area contributed by atoms with Crippen LogP contribution in [0.4, 0.5) is 0 Å². The van der Waals surface area contributed by atoms with Crippen molar-refractivity contribution in [3.05, 3.63) is 47.3 Å². The van der Waals surface area contributed by atoms with Gasteiger partial charge >= 0.3 is 5.97 Å². The molecular weight excluding hydrogens is 372 g/mol. The highest BCUT2D eigenvalue weighted by Gasteiger charge is 2.30. The number of piperazine rings is 1. The van der Waals surface area contributed by atoms with Crippen molar-refractivity contribution in [2.24, 2.45) is 0 Å². The van der Waals surface area contributed by atoms with Crippen molar-refractivity contribution in [1.29, 1.82) is 0 Å². The Morgan fingerprint density at radius 1 is 1.21 bits per heavy atom. The highest BCUT2D eigenvalue weighted by Crippen LogP contribution is 2.21. The first-order valence-corrected chi connectivity index (χ1v) is 9.64. The average Bonchev–Trinajstić information content (AvgIpc) is 2.73. The summed E-state index contributed by atoms with van der Waals surface area (Å²) in [4.78, 5) is 36.7. The first-order valence-electron chi connectivity index (χ1n) is 9.64. The summed E-state index contributed by atoms with van der Waals surface area (Å²) in [6, 6.07) is 9.55. The van der Waals surface area contributed by atoms with Gasteiger partial charge < -0.3 is 19.7 Å². The number of carbonyl (C=O) groups excluding carboxylic acids is 2. The molecule has 1 unspecified atom stereocenters. The molecule has 1 aliphatic heterocycles. The van der Waals surface area contributed by atoms with Gasteiger partial charge in [-0.2, -0.15) is 0 Å². The molecule has 29 heavy (non-hydrogen) atoms. The van der Waals surface area contributed by atoms with Gasteiger partial charge in [-0.3, -0.25) is 4.79 Å². The average molecular weight is 398 g/mol. The Kier molecular flexibility index (Phi) is 6.90. The van der Waals surface area contributed by atoms with Gasteiger partial charge in [0.25, 0.3) is 5.91 Å². The van der Waals surface area contributed by atoms with E-state index in [-0.39, 0.29) is 36.4 Å². The molecule has 0 radical (unpaired) electrons. The number of amides is 1. The smallest absolute Gasteiger partial charge is 0.342 e. The number of rotatable bonds is 6. The van der Waals surface area contributed by atoms with Gasteiger partial charge in [0.2, 0.25) is 0 Å². The summed E-state index contributed by atoms with van der Waals surface area (Å²) in [5.41, 5.74) is 1.37. The van der Waals surface area contributed by atoms with E-state index in [2.05, 4.69) is 15.3 Å². The third-order valence-electron chi connectivity index (χ3n) is 4.71. The fourth-order valence-corrected chi connectivity index (χ4v) is 3.24. The van der Waals surface area contributed by atoms with Crippen LogP contribution in [-0.4, -0.2) is 72.7 Å². The van der Waals surface area contributed by atoms with Crippen molar-refractivity contribution in [1.82, 2.24) is 20.2 Å². The Labute approximate surface area is 170 Å². The van der Waals surface area contributed by atoms with E-state index in [1.807, 2.05) is 37.3 Å². The lowest BCUT2D eigenvalue weighted by atomic mass is 10.1. The highest BCUT2D eigenvalue weighted by atomic mass is 16.6. The summed E-state index contributed by atoms with van der Waals surface area (Å²) in [7, 11) is 1.53. The number of nitrogens with one attached hydrogen (secondary N) is 1. The minimum absolute atomic E-state index is 0.0767. The second-order valence-electron chi connectivity index (χ2n) is 6.96. The minimum Gasteiger partial charge on any atom is -0.460 e. The maximum absolute atomic E-state index is 13.3. The van der Waals surface area contributed by atoms with Crippen LogP contribution in [0, 0.1) is 6.92 Å². The fraction of sp³-hybridized carbons (Fsp3) is 0.429. The molecule has 3 rings (SSSR count). The van der Waals surface area contributed by atoms with Crippen molar-refractivity contribution < 1.29 is 19.1 Å². The maximum Gasteiger partial charge on any atom is 0.342 e. The minimum atomic E-state index is -0.620. The molecule has 0 saturated carbocycles. The predicted molar refractivity (Wildman–Crippen MR) is 108 cm³/mol. The molecule has 0 bridgehead atoms. The molecule has 8 heteroatoms. The summed E-state index contributed by atoms with van der Waals surface area (Å²) in [6.07, 6.45) is 0. The van der Waals surface area contributed by atoms with Crippen LogP contribution in [0.5, 0.6) is 0 Å². The van der Waals surface area contributed by atoms with Crippen molar-refractivity contribution in [3.63, 3.8) is 0 Å². The van der Waals surface area contributed by atoms with Gasteiger partial charge in [0.15, 0.2) is 5.82 Å². The van der Waals surface area contributed by atoms with E-state index < -0.39 is 5.97 Å². The summed E-state index contributed by atoms with van der Waals surface area (Å²) < 4.78 is 10.2. The molecule has 2 aromatic rings. The second-order valence-corrected chi connectivity index (χ2v) is 6.96. The van der Waals surface area contributed by atoms with Gasteiger partial charge in [-0.05, 0) is 13.8 Å². The monoisotopic (exact) mass is 398 g/mol. The number of esters is 1. The van der Waals surface area contributed by atoms with Gasteiger partial charge in [0.1, 0.15) is 17.9 Å². The van der Waals surface area contributed by atoms with Crippen LogP contribution in [0.3, 0.4) is 0 Å². The van der Waals surface area contributed by atoms with E-state index in [9.17, 15) is 9.59 Å². The summed E-state index contributed by atoms with van der Waals surface area (Å²) in [6.45, 7) is 5.85. The van der Waals surface area contributed by atoms with Gasteiger partial charge in [-0.15, -0.1) is 0 Å². The van der Waals surface area contributed by atoms with Gasteiger partial charge in [0, 0.05) is 38.3 Å². The Morgan fingerprint density at radius 3 is 2.66 bits per heavy atom. The molecule has 154 valence electrons. The predicted octanol–water partition coefficient (Wildman–Crippen LogP) is 1.69. The van der Waals surface area contributed by atoms with Crippen molar-refractivity contribution >= 4 is 11.9 Å².